The summed E-state index contributed by atoms with van der Waals surface area (Å²) in [6, 6.07) is 0. The zero-order chi connectivity index (χ0) is 17.0. The van der Waals surface area contributed by atoms with Gasteiger partial charge >= 0.3 is 16.4 Å². The van der Waals surface area contributed by atoms with Crippen LogP contribution in [0.4, 0.5) is 0 Å². The maximum atomic E-state index is 12.9. The molecule has 1 aliphatic heterocycles. The van der Waals surface area contributed by atoms with Crippen molar-refractivity contribution in [3.63, 3.8) is 0 Å². The van der Waals surface area contributed by atoms with E-state index in [1.54, 1.807) is 13.8 Å². The number of hydrogen-bond acceptors (Lipinski definition) is 6. The average molecular weight is 354 g/mol. The summed E-state index contributed by atoms with van der Waals surface area (Å²) in [6.45, 7) is 14.0. The van der Waals surface area contributed by atoms with Gasteiger partial charge in [0.25, 0.3) is 0 Å². The highest BCUT2D eigenvalue weighted by molar-refractivity contribution is 7.54. The lowest BCUT2D eigenvalue weighted by Crippen LogP contribution is -2.57. The molecule has 0 radical (unpaired) electrons. The molecule has 0 aliphatic carbocycles. The van der Waals surface area contributed by atoms with Gasteiger partial charge in [-0.15, -0.1) is 0 Å². The second-order valence-electron chi connectivity index (χ2n) is 6.21. The number of hydrogen-bond donors (Lipinski definition) is 0. The second-order valence-corrected chi connectivity index (χ2v) is 10.8. The van der Waals surface area contributed by atoms with Crippen LogP contribution in [-0.4, -0.2) is 39.6 Å². The van der Waals surface area contributed by atoms with Crippen LogP contribution in [0.25, 0.3) is 0 Å². The third kappa shape index (κ3) is 5.41. The van der Waals surface area contributed by atoms with Crippen LogP contribution in [0.3, 0.4) is 0 Å². The van der Waals surface area contributed by atoms with Crippen LogP contribution in [-0.2, 0) is 26.9 Å². The van der Waals surface area contributed by atoms with E-state index in [1.807, 2.05) is 34.2 Å². The van der Waals surface area contributed by atoms with Crippen molar-refractivity contribution < 1.29 is 26.9 Å². The van der Waals surface area contributed by atoms with Gasteiger partial charge < -0.3 is 22.3 Å². The molecule has 3 unspecified atom stereocenters. The average Bonchev–Trinajstić information content (AvgIpc) is 2.33. The first-order valence-corrected chi connectivity index (χ1v) is 11.9. The lowest BCUT2D eigenvalue weighted by molar-refractivity contribution is -0.0928. The fraction of sp³-hybridized carbons (Fsp3) is 1.00. The molecule has 0 amide bonds. The minimum absolute atomic E-state index is 0.0384. The molecular weight excluding hydrogens is 323 g/mol. The highest BCUT2D eigenvalue weighted by Crippen LogP contribution is 2.55. The number of rotatable bonds is 8. The van der Waals surface area contributed by atoms with Crippen molar-refractivity contribution in [3.05, 3.63) is 0 Å². The Balaban J connectivity index is 2.93. The third-order valence-electron chi connectivity index (χ3n) is 3.33. The molecule has 1 rings (SSSR count). The SMILES string of the molecule is CCOP(=O)(OCC)C(CC)O[Si]1(C)OC(C)CC(C)(C)O1. The predicted molar refractivity (Wildman–Crippen MR) is 88.0 cm³/mol. The summed E-state index contributed by atoms with van der Waals surface area (Å²) in [4.78, 5) is 0. The fourth-order valence-electron chi connectivity index (χ4n) is 2.90. The van der Waals surface area contributed by atoms with Crippen LogP contribution < -0.4 is 0 Å². The van der Waals surface area contributed by atoms with E-state index >= 15 is 0 Å². The molecule has 1 saturated heterocycles. The van der Waals surface area contributed by atoms with Gasteiger partial charge in [-0.25, -0.2) is 0 Å². The van der Waals surface area contributed by atoms with E-state index in [0.29, 0.717) is 19.6 Å². The first-order chi connectivity index (χ1) is 10.1. The summed E-state index contributed by atoms with van der Waals surface area (Å²) in [5, 5.41) is 0. The first-order valence-electron chi connectivity index (χ1n) is 8.04. The van der Waals surface area contributed by atoms with E-state index in [4.69, 9.17) is 22.3 Å². The Morgan fingerprint density at radius 1 is 1.27 bits per heavy atom. The van der Waals surface area contributed by atoms with E-state index in [9.17, 15) is 4.57 Å². The van der Waals surface area contributed by atoms with Crippen molar-refractivity contribution in [2.45, 2.75) is 78.5 Å². The molecule has 0 aromatic rings. The van der Waals surface area contributed by atoms with Gasteiger partial charge in [0.1, 0.15) is 0 Å². The summed E-state index contributed by atoms with van der Waals surface area (Å²) < 4.78 is 41.9. The third-order valence-corrected chi connectivity index (χ3v) is 8.40. The highest BCUT2D eigenvalue weighted by Gasteiger charge is 2.51. The van der Waals surface area contributed by atoms with Crippen LogP contribution in [0.5, 0.6) is 0 Å². The van der Waals surface area contributed by atoms with Gasteiger partial charge in [-0.1, -0.05) is 6.92 Å². The molecule has 132 valence electrons. The molecule has 1 fully saturated rings. The minimum atomic E-state index is -3.35. The normalized spacial score (nSPS) is 30.2. The largest absolute Gasteiger partial charge is 0.499 e. The van der Waals surface area contributed by atoms with Crippen molar-refractivity contribution in [1.29, 1.82) is 0 Å². The minimum Gasteiger partial charge on any atom is -0.371 e. The maximum absolute atomic E-state index is 12.9. The second kappa shape index (κ2) is 7.88. The first kappa shape index (κ1) is 20.3. The Labute approximate surface area is 135 Å². The zero-order valence-electron chi connectivity index (χ0n) is 14.9. The van der Waals surface area contributed by atoms with Gasteiger partial charge in [-0.2, -0.15) is 0 Å². The predicted octanol–water partition coefficient (Wildman–Crippen LogP) is 4.18. The van der Waals surface area contributed by atoms with Gasteiger partial charge in [0.2, 0.25) is 0 Å². The molecule has 0 saturated carbocycles. The molecule has 0 bridgehead atoms. The van der Waals surface area contributed by atoms with E-state index in [2.05, 4.69) is 0 Å². The topological polar surface area (TPSA) is 63.2 Å². The lowest BCUT2D eigenvalue weighted by atomic mass is 10.0. The molecule has 1 heterocycles. The quantitative estimate of drug-likeness (QED) is 0.481. The Kier molecular flexibility index (Phi) is 7.27. The van der Waals surface area contributed by atoms with E-state index < -0.39 is 22.2 Å². The van der Waals surface area contributed by atoms with Crippen molar-refractivity contribution >= 4 is 16.4 Å². The van der Waals surface area contributed by atoms with Gasteiger partial charge in [0.05, 0.1) is 18.8 Å². The van der Waals surface area contributed by atoms with Crippen molar-refractivity contribution in [3.8, 4) is 0 Å². The molecular formula is C14H31O6PSi. The van der Waals surface area contributed by atoms with Crippen molar-refractivity contribution in [1.82, 2.24) is 0 Å². The summed E-state index contributed by atoms with van der Waals surface area (Å²) in [5.74, 6) is -0.676. The van der Waals surface area contributed by atoms with Gasteiger partial charge in [-0.3, -0.25) is 4.57 Å². The van der Waals surface area contributed by atoms with Crippen LogP contribution in [0, 0.1) is 0 Å². The summed E-state index contributed by atoms with van der Waals surface area (Å²) in [5.41, 5.74) is -0.321. The monoisotopic (exact) mass is 354 g/mol. The molecule has 0 spiro atoms. The standard InChI is InChI=1S/C14H31O6PSi/c1-8-13(21(15,16-9-2)17-10-3)19-22(7)18-12(4)11-14(5,6)20-22/h12-13H,8-11H2,1-7H3. The molecule has 0 N–H and O–H groups in total. The highest BCUT2D eigenvalue weighted by atomic mass is 31.2. The lowest BCUT2D eigenvalue weighted by Gasteiger charge is -2.45. The summed E-state index contributed by atoms with van der Waals surface area (Å²) >= 11 is 0. The van der Waals surface area contributed by atoms with Gasteiger partial charge in [0.15, 0.2) is 5.85 Å². The molecule has 6 nitrogen and oxygen atoms in total. The molecule has 0 aromatic heterocycles. The zero-order valence-corrected chi connectivity index (χ0v) is 16.8. The van der Waals surface area contributed by atoms with Crippen LogP contribution in [0.15, 0.2) is 0 Å². The Morgan fingerprint density at radius 2 is 1.82 bits per heavy atom. The molecule has 1 aliphatic rings. The van der Waals surface area contributed by atoms with Crippen LogP contribution >= 0.6 is 7.60 Å². The Hall–Kier alpha value is 0.247. The van der Waals surface area contributed by atoms with E-state index in [-0.39, 0.29) is 11.7 Å². The molecule has 8 heteroatoms. The Morgan fingerprint density at radius 3 is 2.23 bits per heavy atom. The Bertz CT molecular complexity index is 395. The van der Waals surface area contributed by atoms with Gasteiger partial charge in [0, 0.05) is 12.7 Å². The maximum Gasteiger partial charge on any atom is 0.499 e. The van der Waals surface area contributed by atoms with Crippen molar-refractivity contribution in [2.24, 2.45) is 0 Å². The summed E-state index contributed by atoms with van der Waals surface area (Å²) in [7, 11) is -6.27. The fourth-order valence-corrected chi connectivity index (χ4v) is 8.28. The van der Waals surface area contributed by atoms with Crippen LogP contribution in [0.2, 0.25) is 6.55 Å². The molecule has 3 atom stereocenters. The smallest absolute Gasteiger partial charge is 0.371 e. The van der Waals surface area contributed by atoms with Crippen molar-refractivity contribution in [2.75, 3.05) is 13.2 Å². The van der Waals surface area contributed by atoms with Crippen LogP contribution in [0.1, 0.15) is 54.4 Å². The molecule has 0 aromatic carbocycles. The summed E-state index contributed by atoms with van der Waals surface area (Å²) in [6.07, 6.45) is 1.34. The van der Waals surface area contributed by atoms with E-state index in [1.165, 1.54) is 0 Å². The van der Waals surface area contributed by atoms with Gasteiger partial charge in [-0.05, 0) is 47.5 Å². The molecule has 22 heavy (non-hydrogen) atoms. The van der Waals surface area contributed by atoms with E-state index in [0.717, 1.165) is 6.42 Å².